The van der Waals surface area contributed by atoms with E-state index in [4.69, 9.17) is 9.47 Å². The van der Waals surface area contributed by atoms with Gasteiger partial charge in [0, 0.05) is 12.7 Å². The van der Waals surface area contributed by atoms with E-state index in [1.165, 1.54) is 0 Å². The minimum Gasteiger partial charge on any atom is -0.478 e. The van der Waals surface area contributed by atoms with Gasteiger partial charge in [0.1, 0.15) is 5.60 Å². The van der Waals surface area contributed by atoms with Crippen molar-refractivity contribution >= 4 is 11.6 Å². The molecule has 1 aromatic heterocycles. The highest BCUT2D eigenvalue weighted by molar-refractivity contribution is 5.97. The maximum Gasteiger partial charge on any atom is 0.256 e. The van der Waals surface area contributed by atoms with Gasteiger partial charge in [-0.25, -0.2) is 4.98 Å². The first-order chi connectivity index (χ1) is 11.5. The normalized spacial score (nSPS) is 23.8. The Morgan fingerprint density at radius 1 is 1.42 bits per heavy atom. The van der Waals surface area contributed by atoms with E-state index in [2.05, 4.69) is 24.1 Å². The lowest BCUT2D eigenvalue weighted by molar-refractivity contribution is -0.147. The van der Waals surface area contributed by atoms with Crippen LogP contribution in [0.5, 0.6) is 5.88 Å². The van der Waals surface area contributed by atoms with E-state index in [0.29, 0.717) is 25.0 Å². The fraction of sp³-hybridized carbons (Fsp3) is 0.684. The van der Waals surface area contributed by atoms with Crippen molar-refractivity contribution in [2.24, 2.45) is 5.92 Å². The van der Waals surface area contributed by atoms with Crippen molar-refractivity contribution in [1.82, 2.24) is 4.98 Å². The zero-order chi connectivity index (χ0) is 17.6. The van der Waals surface area contributed by atoms with E-state index in [1.807, 2.05) is 19.9 Å². The fourth-order valence-electron chi connectivity index (χ4n) is 3.38. The summed E-state index contributed by atoms with van der Waals surface area (Å²) in [6, 6.07) is 3.66. The molecule has 2 atom stereocenters. The van der Waals surface area contributed by atoms with Crippen LogP contribution in [0.2, 0.25) is 0 Å². The van der Waals surface area contributed by atoms with Crippen LogP contribution in [-0.2, 0) is 9.53 Å². The number of pyridine rings is 1. The third kappa shape index (κ3) is 4.47. The standard InChI is InChI=1S/C19H30N2O3/c1-5-12-23-17-10-9-16(15(4)20-17)21-18(22)19(24-6-2)11-7-8-14(3)13-19/h9-10,14H,5-8,11-13H2,1-4H3,(H,21,22)/t14-,19-/m0/s1. The average molecular weight is 334 g/mol. The second-order valence-corrected chi connectivity index (χ2v) is 6.71. The zero-order valence-corrected chi connectivity index (χ0v) is 15.4. The van der Waals surface area contributed by atoms with Crippen LogP contribution < -0.4 is 10.1 Å². The number of aryl methyl sites for hydroxylation is 1. The highest BCUT2D eigenvalue weighted by atomic mass is 16.5. The maximum atomic E-state index is 12.9. The summed E-state index contributed by atoms with van der Waals surface area (Å²) < 4.78 is 11.5. The SMILES string of the molecule is CCCOc1ccc(NC(=O)[C@]2(OCC)CCC[C@H](C)C2)c(C)n1. The summed E-state index contributed by atoms with van der Waals surface area (Å²) in [7, 11) is 0. The number of amides is 1. The predicted octanol–water partition coefficient (Wildman–Crippen LogP) is 4.10. The molecule has 0 spiro atoms. The molecular formula is C19H30N2O3. The Bertz CT molecular complexity index is 558. The smallest absolute Gasteiger partial charge is 0.256 e. The van der Waals surface area contributed by atoms with Gasteiger partial charge in [-0.3, -0.25) is 4.79 Å². The summed E-state index contributed by atoms with van der Waals surface area (Å²) in [6.45, 7) is 9.25. The predicted molar refractivity (Wildman–Crippen MR) is 95.4 cm³/mol. The molecule has 2 rings (SSSR count). The lowest BCUT2D eigenvalue weighted by atomic mass is 9.78. The number of nitrogens with zero attached hydrogens (tertiary/aromatic N) is 1. The van der Waals surface area contributed by atoms with E-state index in [9.17, 15) is 4.79 Å². The molecule has 0 saturated heterocycles. The van der Waals surface area contributed by atoms with E-state index < -0.39 is 5.60 Å². The Labute approximate surface area is 145 Å². The molecule has 1 aromatic rings. The lowest BCUT2D eigenvalue weighted by Gasteiger charge is -2.38. The first-order valence-electron chi connectivity index (χ1n) is 9.06. The van der Waals surface area contributed by atoms with Crippen LogP contribution in [0, 0.1) is 12.8 Å². The summed E-state index contributed by atoms with van der Waals surface area (Å²) in [5.74, 6) is 1.04. The number of ether oxygens (including phenoxy) is 2. The fourth-order valence-corrected chi connectivity index (χ4v) is 3.38. The summed E-state index contributed by atoms with van der Waals surface area (Å²) >= 11 is 0. The monoisotopic (exact) mass is 334 g/mol. The molecular weight excluding hydrogens is 304 g/mol. The molecule has 1 aliphatic rings. The average Bonchev–Trinajstić information content (AvgIpc) is 2.55. The van der Waals surface area contributed by atoms with E-state index in [1.54, 1.807) is 6.07 Å². The largest absolute Gasteiger partial charge is 0.478 e. The summed E-state index contributed by atoms with van der Waals surface area (Å²) in [5.41, 5.74) is 0.768. The number of carbonyl (C=O) groups is 1. The van der Waals surface area contributed by atoms with Crippen molar-refractivity contribution in [1.29, 1.82) is 0 Å². The minimum absolute atomic E-state index is 0.0528. The number of aromatic nitrogens is 1. The van der Waals surface area contributed by atoms with Crippen molar-refractivity contribution in [2.45, 2.75) is 65.4 Å². The highest BCUT2D eigenvalue weighted by Crippen LogP contribution is 2.36. The van der Waals surface area contributed by atoms with Crippen LogP contribution >= 0.6 is 0 Å². The van der Waals surface area contributed by atoms with Crippen LogP contribution in [0.1, 0.15) is 58.6 Å². The van der Waals surface area contributed by atoms with Crippen LogP contribution in [0.25, 0.3) is 0 Å². The van der Waals surface area contributed by atoms with Crippen molar-refractivity contribution in [3.63, 3.8) is 0 Å². The molecule has 134 valence electrons. The molecule has 0 aromatic carbocycles. The van der Waals surface area contributed by atoms with Gasteiger partial charge in [-0.2, -0.15) is 0 Å². The Kier molecular flexibility index (Phi) is 6.60. The molecule has 1 amide bonds. The number of hydrogen-bond donors (Lipinski definition) is 1. The Balaban J connectivity index is 2.11. The van der Waals surface area contributed by atoms with Gasteiger partial charge >= 0.3 is 0 Å². The zero-order valence-electron chi connectivity index (χ0n) is 15.4. The van der Waals surface area contributed by atoms with Crippen molar-refractivity contribution in [3.8, 4) is 5.88 Å². The Morgan fingerprint density at radius 2 is 2.21 bits per heavy atom. The molecule has 0 radical (unpaired) electrons. The number of hydrogen-bond acceptors (Lipinski definition) is 4. The summed E-state index contributed by atoms with van der Waals surface area (Å²) in [5, 5.41) is 3.03. The number of carbonyl (C=O) groups excluding carboxylic acids is 1. The number of anilines is 1. The molecule has 0 bridgehead atoms. The molecule has 0 unspecified atom stereocenters. The number of nitrogens with one attached hydrogen (secondary N) is 1. The van der Waals surface area contributed by atoms with Gasteiger partial charge in [0.25, 0.3) is 5.91 Å². The quantitative estimate of drug-likeness (QED) is 0.815. The van der Waals surface area contributed by atoms with E-state index >= 15 is 0 Å². The highest BCUT2D eigenvalue weighted by Gasteiger charge is 2.42. The van der Waals surface area contributed by atoms with Crippen LogP contribution in [0.3, 0.4) is 0 Å². The first kappa shape index (κ1) is 18.7. The van der Waals surface area contributed by atoms with E-state index in [0.717, 1.165) is 43.5 Å². The van der Waals surface area contributed by atoms with Gasteiger partial charge in [-0.1, -0.05) is 20.3 Å². The van der Waals surface area contributed by atoms with Crippen molar-refractivity contribution < 1.29 is 14.3 Å². The van der Waals surface area contributed by atoms with Crippen molar-refractivity contribution in [3.05, 3.63) is 17.8 Å². The molecule has 1 fully saturated rings. The Morgan fingerprint density at radius 3 is 2.83 bits per heavy atom. The van der Waals surface area contributed by atoms with Gasteiger partial charge in [-0.05, 0) is 51.5 Å². The molecule has 5 nitrogen and oxygen atoms in total. The second-order valence-electron chi connectivity index (χ2n) is 6.71. The molecule has 24 heavy (non-hydrogen) atoms. The molecule has 1 N–H and O–H groups in total. The molecule has 1 aliphatic carbocycles. The van der Waals surface area contributed by atoms with Crippen LogP contribution in [0.15, 0.2) is 12.1 Å². The van der Waals surface area contributed by atoms with Gasteiger partial charge in [-0.15, -0.1) is 0 Å². The second kappa shape index (κ2) is 8.47. The lowest BCUT2D eigenvalue weighted by Crippen LogP contribution is -2.48. The van der Waals surface area contributed by atoms with Gasteiger partial charge in [0.15, 0.2) is 0 Å². The topological polar surface area (TPSA) is 60.5 Å². The first-order valence-corrected chi connectivity index (χ1v) is 9.06. The third-order valence-corrected chi connectivity index (χ3v) is 4.55. The number of rotatable bonds is 7. The van der Waals surface area contributed by atoms with Crippen molar-refractivity contribution in [2.75, 3.05) is 18.5 Å². The Hall–Kier alpha value is -1.62. The minimum atomic E-state index is -0.712. The maximum absolute atomic E-state index is 12.9. The third-order valence-electron chi connectivity index (χ3n) is 4.55. The van der Waals surface area contributed by atoms with Gasteiger partial charge < -0.3 is 14.8 Å². The molecule has 5 heteroatoms. The molecule has 1 saturated carbocycles. The van der Waals surface area contributed by atoms with Gasteiger partial charge in [0.2, 0.25) is 5.88 Å². The van der Waals surface area contributed by atoms with Crippen LogP contribution in [-0.4, -0.2) is 29.7 Å². The molecule has 1 heterocycles. The summed E-state index contributed by atoms with van der Waals surface area (Å²) in [4.78, 5) is 17.4. The van der Waals surface area contributed by atoms with E-state index in [-0.39, 0.29) is 5.91 Å². The van der Waals surface area contributed by atoms with Crippen LogP contribution in [0.4, 0.5) is 5.69 Å². The van der Waals surface area contributed by atoms with Gasteiger partial charge in [0.05, 0.1) is 18.0 Å². The molecule has 0 aliphatic heterocycles. The summed E-state index contributed by atoms with van der Waals surface area (Å²) in [6.07, 6.45) is 4.67.